The number of aryl methyl sites for hydroxylation is 1. The molecule has 5 heteroatoms. The predicted molar refractivity (Wildman–Crippen MR) is 125 cm³/mol. The molecule has 0 radical (unpaired) electrons. The predicted octanol–water partition coefficient (Wildman–Crippen LogP) is 6.23. The van der Waals surface area contributed by atoms with Crippen LogP contribution < -0.4 is 0 Å². The third kappa shape index (κ3) is 6.27. The highest BCUT2D eigenvalue weighted by molar-refractivity contribution is 7.13. The summed E-state index contributed by atoms with van der Waals surface area (Å²) < 4.78 is 4.77. The van der Waals surface area contributed by atoms with Gasteiger partial charge in [0.25, 0.3) is 0 Å². The average molecular weight is 443 g/mol. The summed E-state index contributed by atoms with van der Waals surface area (Å²) in [5, 5.41) is 10.4. The second-order valence-corrected chi connectivity index (χ2v) is 9.71. The largest absolute Gasteiger partial charge is 0.465 e. The molecule has 0 aliphatic heterocycles. The third-order valence-electron chi connectivity index (χ3n) is 6.42. The zero-order chi connectivity index (χ0) is 22.2. The molecule has 3 rings (SSSR count). The Hall–Kier alpha value is -1.98. The second-order valence-electron chi connectivity index (χ2n) is 8.55. The number of esters is 1. The van der Waals surface area contributed by atoms with Gasteiger partial charge in [0.2, 0.25) is 0 Å². The third-order valence-corrected chi connectivity index (χ3v) is 7.54. The molecule has 0 saturated heterocycles. The standard InChI is InChI=1S/C26H34O4S/c1-3-4-5-9-23(27)19-12-10-18(11-13-19)21-15-16-24(28)22(21)8-6-7-20-14-17-25(31-20)26(29)30-2/h10-14,17,21-23,27H,3-9,15-16H2,1-2H3/t21?,22-,23?/m1/s1. The number of aliphatic hydroxyl groups is 1. The molecule has 4 nitrogen and oxygen atoms in total. The number of carbonyl (C=O) groups excluding carboxylic acids is 2. The van der Waals surface area contributed by atoms with Gasteiger partial charge >= 0.3 is 5.97 Å². The van der Waals surface area contributed by atoms with Crippen LogP contribution in [-0.2, 0) is 16.0 Å². The molecular weight excluding hydrogens is 408 g/mol. The Kier molecular flexibility index (Phi) is 8.85. The van der Waals surface area contributed by atoms with Gasteiger partial charge in [-0.25, -0.2) is 4.79 Å². The van der Waals surface area contributed by atoms with E-state index in [1.54, 1.807) is 0 Å². The van der Waals surface area contributed by atoms with Crippen LogP contribution in [0.3, 0.4) is 0 Å². The zero-order valence-electron chi connectivity index (χ0n) is 18.6. The van der Waals surface area contributed by atoms with Crippen LogP contribution in [0.1, 0.15) is 96.0 Å². The number of Topliss-reactive ketones (excluding diaryl/α,β-unsaturated/α-hetero) is 1. The number of hydrogen-bond donors (Lipinski definition) is 1. The number of hydrogen-bond acceptors (Lipinski definition) is 5. The molecule has 3 atom stereocenters. The smallest absolute Gasteiger partial charge is 0.348 e. The van der Waals surface area contributed by atoms with E-state index < -0.39 is 6.10 Å². The Labute approximate surface area is 189 Å². The number of aliphatic hydroxyl groups excluding tert-OH is 1. The number of ketones is 1. The lowest BCUT2D eigenvalue weighted by molar-refractivity contribution is -0.121. The molecule has 1 saturated carbocycles. The average Bonchev–Trinajstić information content (AvgIpc) is 3.40. The van der Waals surface area contributed by atoms with Gasteiger partial charge in [0, 0.05) is 17.2 Å². The Bertz CT molecular complexity index is 855. The Morgan fingerprint density at radius 2 is 1.94 bits per heavy atom. The molecule has 1 aromatic heterocycles. The van der Waals surface area contributed by atoms with Crippen LogP contribution in [0.5, 0.6) is 0 Å². The van der Waals surface area contributed by atoms with Crippen molar-refractivity contribution in [2.45, 2.75) is 76.7 Å². The first-order valence-corrected chi connectivity index (χ1v) is 12.3. The van der Waals surface area contributed by atoms with Crippen molar-refractivity contribution >= 4 is 23.1 Å². The van der Waals surface area contributed by atoms with Crippen molar-refractivity contribution in [1.82, 2.24) is 0 Å². The van der Waals surface area contributed by atoms with Crippen LogP contribution in [0.25, 0.3) is 0 Å². The molecule has 0 bridgehead atoms. The monoisotopic (exact) mass is 442 g/mol. The SMILES string of the molecule is CCCCCC(O)c1ccc(C2CCC(=O)[C@@H]2CCCc2ccc(C(=O)OC)s2)cc1. The van der Waals surface area contributed by atoms with Crippen molar-refractivity contribution in [2.75, 3.05) is 7.11 Å². The summed E-state index contributed by atoms with van der Waals surface area (Å²) >= 11 is 1.47. The van der Waals surface area contributed by atoms with E-state index in [9.17, 15) is 14.7 Å². The van der Waals surface area contributed by atoms with Gasteiger partial charge in [-0.2, -0.15) is 0 Å². The first-order valence-electron chi connectivity index (χ1n) is 11.5. The van der Waals surface area contributed by atoms with Crippen LogP contribution in [0.4, 0.5) is 0 Å². The van der Waals surface area contributed by atoms with Crippen LogP contribution in [0, 0.1) is 5.92 Å². The van der Waals surface area contributed by atoms with Gasteiger partial charge in [0.1, 0.15) is 10.7 Å². The molecule has 1 fully saturated rings. The van der Waals surface area contributed by atoms with Gasteiger partial charge in [-0.3, -0.25) is 4.79 Å². The maximum Gasteiger partial charge on any atom is 0.348 e. The lowest BCUT2D eigenvalue weighted by Gasteiger charge is -2.20. The summed E-state index contributed by atoms with van der Waals surface area (Å²) in [6.07, 6.45) is 8.00. The molecule has 1 aliphatic rings. The highest BCUT2D eigenvalue weighted by Crippen LogP contribution is 2.40. The van der Waals surface area contributed by atoms with Gasteiger partial charge < -0.3 is 9.84 Å². The number of unbranched alkanes of at least 4 members (excludes halogenated alkanes) is 2. The Morgan fingerprint density at radius 3 is 2.65 bits per heavy atom. The molecule has 1 aliphatic carbocycles. The number of benzene rings is 1. The second kappa shape index (κ2) is 11.6. The van der Waals surface area contributed by atoms with Gasteiger partial charge in [-0.1, -0.05) is 50.5 Å². The molecule has 0 amide bonds. The number of methoxy groups -OCH3 is 1. The van der Waals surface area contributed by atoms with Gasteiger partial charge in [-0.05, 0) is 61.3 Å². The van der Waals surface area contributed by atoms with Crippen LogP contribution >= 0.6 is 11.3 Å². The van der Waals surface area contributed by atoms with Crippen LogP contribution in [0.15, 0.2) is 36.4 Å². The van der Waals surface area contributed by atoms with E-state index in [1.807, 2.05) is 24.3 Å². The number of carbonyl (C=O) groups is 2. The van der Waals surface area contributed by atoms with Crippen molar-refractivity contribution in [3.05, 3.63) is 57.3 Å². The minimum Gasteiger partial charge on any atom is -0.465 e. The molecule has 2 unspecified atom stereocenters. The lowest BCUT2D eigenvalue weighted by Crippen LogP contribution is -2.14. The highest BCUT2D eigenvalue weighted by atomic mass is 32.1. The number of rotatable bonds is 11. The van der Waals surface area contributed by atoms with Gasteiger partial charge in [0.15, 0.2) is 0 Å². The zero-order valence-corrected chi connectivity index (χ0v) is 19.5. The Balaban J connectivity index is 1.55. The maximum absolute atomic E-state index is 12.6. The summed E-state index contributed by atoms with van der Waals surface area (Å²) in [4.78, 5) is 26.0. The molecular formula is C26H34O4S. The van der Waals surface area contributed by atoms with E-state index >= 15 is 0 Å². The highest BCUT2D eigenvalue weighted by Gasteiger charge is 2.35. The topological polar surface area (TPSA) is 63.6 Å². The molecule has 0 spiro atoms. The molecule has 168 valence electrons. The van der Waals surface area contributed by atoms with Crippen LogP contribution in [0.2, 0.25) is 0 Å². The summed E-state index contributed by atoms with van der Waals surface area (Å²) in [6, 6.07) is 12.1. The summed E-state index contributed by atoms with van der Waals surface area (Å²) in [7, 11) is 1.40. The number of ether oxygens (including phenoxy) is 1. The van der Waals surface area contributed by atoms with E-state index in [0.717, 1.165) is 61.8 Å². The summed E-state index contributed by atoms with van der Waals surface area (Å²) in [5.41, 5.74) is 2.18. The van der Waals surface area contributed by atoms with E-state index in [0.29, 0.717) is 17.1 Å². The fourth-order valence-corrected chi connectivity index (χ4v) is 5.58. The Morgan fingerprint density at radius 1 is 1.16 bits per heavy atom. The first kappa shape index (κ1) is 23.7. The summed E-state index contributed by atoms with van der Waals surface area (Å²) in [6.45, 7) is 2.17. The number of thiophene rings is 1. The fraction of sp³-hybridized carbons (Fsp3) is 0.538. The van der Waals surface area contributed by atoms with Crippen molar-refractivity contribution in [3.63, 3.8) is 0 Å². The van der Waals surface area contributed by atoms with Gasteiger partial charge in [0.05, 0.1) is 13.2 Å². The maximum atomic E-state index is 12.6. The molecule has 1 heterocycles. The molecule has 1 N–H and O–H groups in total. The first-order chi connectivity index (χ1) is 15.0. The normalized spacial score (nSPS) is 19.5. The van der Waals surface area contributed by atoms with E-state index in [-0.39, 0.29) is 17.8 Å². The minimum absolute atomic E-state index is 0.0698. The molecule has 31 heavy (non-hydrogen) atoms. The van der Waals surface area contributed by atoms with Crippen molar-refractivity contribution in [3.8, 4) is 0 Å². The van der Waals surface area contributed by atoms with Crippen molar-refractivity contribution < 1.29 is 19.4 Å². The fourth-order valence-electron chi connectivity index (χ4n) is 4.61. The summed E-state index contributed by atoms with van der Waals surface area (Å²) in [5.74, 6) is 0.421. The quantitative estimate of drug-likeness (QED) is 0.331. The van der Waals surface area contributed by atoms with Crippen LogP contribution in [-0.4, -0.2) is 24.0 Å². The minimum atomic E-state index is -0.401. The van der Waals surface area contributed by atoms with E-state index in [2.05, 4.69) is 19.1 Å². The van der Waals surface area contributed by atoms with E-state index in [4.69, 9.17) is 4.74 Å². The molecule has 2 aromatic rings. The van der Waals surface area contributed by atoms with Gasteiger partial charge in [-0.15, -0.1) is 11.3 Å². The molecule has 1 aromatic carbocycles. The van der Waals surface area contributed by atoms with Crippen molar-refractivity contribution in [2.24, 2.45) is 5.92 Å². The van der Waals surface area contributed by atoms with Crippen molar-refractivity contribution in [1.29, 1.82) is 0 Å². The lowest BCUT2D eigenvalue weighted by atomic mass is 9.84. The van der Waals surface area contributed by atoms with E-state index in [1.165, 1.54) is 24.0 Å².